The van der Waals surface area contributed by atoms with Crippen molar-refractivity contribution in [2.45, 2.75) is 4.90 Å². The van der Waals surface area contributed by atoms with Crippen LogP contribution in [-0.2, 0) is 9.84 Å². The maximum Gasteiger partial charge on any atom is 0.199 e. The highest BCUT2D eigenvalue weighted by atomic mass is 32.2. The molecule has 0 aliphatic rings. The lowest BCUT2D eigenvalue weighted by atomic mass is 10.2. The zero-order valence-corrected chi connectivity index (χ0v) is 10.5. The monoisotopic (exact) mass is 259 g/mol. The van der Waals surface area contributed by atoms with Crippen LogP contribution in [0.3, 0.4) is 0 Å². The Kier molecular flexibility index (Phi) is 3.48. The van der Waals surface area contributed by atoms with Crippen LogP contribution < -0.4 is 5.73 Å². The summed E-state index contributed by atoms with van der Waals surface area (Å²) < 4.78 is 23.9. The van der Waals surface area contributed by atoms with Gasteiger partial charge in [0.15, 0.2) is 9.84 Å². The quantitative estimate of drug-likeness (QED) is 0.862. The van der Waals surface area contributed by atoms with E-state index in [1.54, 1.807) is 60.7 Å². The van der Waals surface area contributed by atoms with Crippen molar-refractivity contribution in [2.24, 2.45) is 0 Å². The highest BCUT2D eigenvalue weighted by Gasteiger charge is 2.08. The molecule has 2 aromatic carbocycles. The number of nitrogen functional groups attached to an aromatic ring is 1. The molecular formula is C14H13NO2S. The lowest BCUT2D eigenvalue weighted by Crippen LogP contribution is -1.95. The van der Waals surface area contributed by atoms with Gasteiger partial charge in [-0.1, -0.05) is 30.3 Å². The van der Waals surface area contributed by atoms with Crippen LogP contribution in [0.25, 0.3) is 6.08 Å². The summed E-state index contributed by atoms with van der Waals surface area (Å²) >= 11 is 0. The molecule has 0 atom stereocenters. The zero-order valence-electron chi connectivity index (χ0n) is 9.65. The van der Waals surface area contributed by atoms with Gasteiger partial charge >= 0.3 is 0 Å². The molecule has 18 heavy (non-hydrogen) atoms. The zero-order chi connectivity index (χ0) is 13.0. The van der Waals surface area contributed by atoms with Crippen LogP contribution in [0.15, 0.2) is 64.9 Å². The molecule has 0 aromatic heterocycles. The van der Waals surface area contributed by atoms with E-state index in [0.717, 1.165) is 5.56 Å². The second-order valence-electron chi connectivity index (χ2n) is 3.83. The summed E-state index contributed by atoms with van der Waals surface area (Å²) in [5.41, 5.74) is 6.99. The molecule has 2 N–H and O–H groups in total. The fourth-order valence-electron chi connectivity index (χ4n) is 1.52. The molecule has 0 aliphatic heterocycles. The van der Waals surface area contributed by atoms with E-state index in [4.69, 9.17) is 5.73 Å². The van der Waals surface area contributed by atoms with Crippen LogP contribution in [0.2, 0.25) is 0 Å². The van der Waals surface area contributed by atoms with Crippen molar-refractivity contribution in [1.82, 2.24) is 0 Å². The van der Waals surface area contributed by atoms with Crippen LogP contribution >= 0.6 is 0 Å². The fourth-order valence-corrected chi connectivity index (χ4v) is 2.55. The molecule has 0 radical (unpaired) electrons. The summed E-state index contributed by atoms with van der Waals surface area (Å²) in [5, 5.41) is 1.19. The van der Waals surface area contributed by atoms with Crippen LogP contribution in [0.5, 0.6) is 0 Å². The van der Waals surface area contributed by atoms with Gasteiger partial charge in [0.05, 0.1) is 4.90 Å². The van der Waals surface area contributed by atoms with Crippen LogP contribution in [0.4, 0.5) is 5.69 Å². The number of anilines is 1. The van der Waals surface area contributed by atoms with E-state index in [-0.39, 0.29) is 4.90 Å². The molecule has 0 spiro atoms. The lowest BCUT2D eigenvalue weighted by Gasteiger charge is -1.99. The Hall–Kier alpha value is -2.07. The average Bonchev–Trinajstić information content (AvgIpc) is 2.38. The van der Waals surface area contributed by atoms with Crippen molar-refractivity contribution in [2.75, 3.05) is 5.73 Å². The number of nitrogens with two attached hydrogens (primary N) is 1. The summed E-state index contributed by atoms with van der Waals surface area (Å²) in [6.45, 7) is 0. The van der Waals surface area contributed by atoms with Gasteiger partial charge in [-0.05, 0) is 35.9 Å². The summed E-state index contributed by atoms with van der Waals surface area (Å²) in [7, 11) is -3.39. The maximum atomic E-state index is 12.0. The van der Waals surface area contributed by atoms with Crippen molar-refractivity contribution in [3.05, 3.63) is 65.6 Å². The first-order valence-electron chi connectivity index (χ1n) is 5.42. The summed E-state index contributed by atoms with van der Waals surface area (Å²) in [4.78, 5) is 0.283. The Balaban J connectivity index is 2.29. The minimum Gasteiger partial charge on any atom is -0.399 e. The first-order valence-corrected chi connectivity index (χ1v) is 6.96. The van der Waals surface area contributed by atoms with E-state index in [1.165, 1.54) is 5.41 Å². The van der Waals surface area contributed by atoms with E-state index in [2.05, 4.69) is 0 Å². The highest BCUT2D eigenvalue weighted by Crippen LogP contribution is 2.14. The van der Waals surface area contributed by atoms with Gasteiger partial charge in [-0.2, -0.15) is 0 Å². The standard InChI is InChI=1S/C14H13NO2S/c15-13-6-4-5-12(11-13)9-10-18(16,17)14-7-2-1-3-8-14/h1-11H,15H2. The minimum atomic E-state index is -3.39. The fraction of sp³-hybridized carbons (Fsp3) is 0. The highest BCUT2D eigenvalue weighted by molar-refractivity contribution is 7.94. The minimum absolute atomic E-state index is 0.283. The summed E-state index contributed by atoms with van der Waals surface area (Å²) in [5.74, 6) is 0. The van der Waals surface area contributed by atoms with Gasteiger partial charge in [-0.15, -0.1) is 0 Å². The van der Waals surface area contributed by atoms with Gasteiger partial charge < -0.3 is 5.73 Å². The second-order valence-corrected chi connectivity index (χ2v) is 5.66. The average molecular weight is 259 g/mol. The molecule has 0 fully saturated rings. The lowest BCUT2D eigenvalue weighted by molar-refractivity contribution is 0.605. The molecular weight excluding hydrogens is 246 g/mol. The van der Waals surface area contributed by atoms with E-state index in [1.807, 2.05) is 0 Å². The predicted octanol–water partition coefficient (Wildman–Crippen LogP) is 2.71. The molecule has 0 unspecified atom stereocenters. The first-order chi connectivity index (χ1) is 8.58. The van der Waals surface area contributed by atoms with Gasteiger partial charge in [-0.25, -0.2) is 8.42 Å². The summed E-state index contributed by atoms with van der Waals surface area (Å²) in [6, 6.07) is 15.4. The third kappa shape index (κ3) is 2.99. The number of rotatable bonds is 3. The number of hydrogen-bond donors (Lipinski definition) is 1. The van der Waals surface area contributed by atoms with Gasteiger partial charge in [0, 0.05) is 11.1 Å². The van der Waals surface area contributed by atoms with Crippen molar-refractivity contribution in [3.63, 3.8) is 0 Å². The molecule has 3 nitrogen and oxygen atoms in total. The third-order valence-corrected chi connectivity index (χ3v) is 3.85. The molecule has 0 heterocycles. The topological polar surface area (TPSA) is 60.2 Å². The molecule has 2 aromatic rings. The van der Waals surface area contributed by atoms with Gasteiger partial charge in [0.2, 0.25) is 0 Å². The Morgan fingerprint density at radius 1 is 0.944 bits per heavy atom. The smallest absolute Gasteiger partial charge is 0.199 e. The van der Waals surface area contributed by atoms with Gasteiger partial charge in [0.25, 0.3) is 0 Å². The molecule has 0 saturated carbocycles. The Morgan fingerprint density at radius 2 is 1.67 bits per heavy atom. The summed E-state index contributed by atoms with van der Waals surface area (Å²) in [6.07, 6.45) is 1.54. The van der Waals surface area contributed by atoms with Gasteiger partial charge in [0.1, 0.15) is 0 Å². The third-order valence-electron chi connectivity index (χ3n) is 2.42. The van der Waals surface area contributed by atoms with E-state index in [9.17, 15) is 8.42 Å². The molecule has 0 saturated heterocycles. The SMILES string of the molecule is Nc1cccc(C=CS(=O)(=O)c2ccccc2)c1. The predicted molar refractivity (Wildman–Crippen MR) is 73.5 cm³/mol. The Bertz CT molecular complexity index is 661. The molecule has 2 rings (SSSR count). The number of sulfone groups is 1. The molecule has 0 bridgehead atoms. The van der Waals surface area contributed by atoms with Crippen LogP contribution in [0.1, 0.15) is 5.56 Å². The largest absolute Gasteiger partial charge is 0.399 e. The van der Waals surface area contributed by atoms with E-state index < -0.39 is 9.84 Å². The van der Waals surface area contributed by atoms with Crippen LogP contribution in [0, 0.1) is 0 Å². The van der Waals surface area contributed by atoms with Crippen molar-refractivity contribution < 1.29 is 8.42 Å². The normalized spacial score (nSPS) is 11.8. The molecule has 92 valence electrons. The van der Waals surface area contributed by atoms with E-state index >= 15 is 0 Å². The molecule has 0 aliphatic carbocycles. The molecule has 4 heteroatoms. The Labute approximate surface area is 106 Å². The first kappa shape index (κ1) is 12.4. The maximum absolute atomic E-state index is 12.0. The van der Waals surface area contributed by atoms with Crippen molar-refractivity contribution >= 4 is 21.6 Å². The van der Waals surface area contributed by atoms with Crippen molar-refractivity contribution in [1.29, 1.82) is 0 Å². The van der Waals surface area contributed by atoms with Crippen LogP contribution in [-0.4, -0.2) is 8.42 Å². The second kappa shape index (κ2) is 5.06. The van der Waals surface area contributed by atoms with E-state index in [0.29, 0.717) is 5.69 Å². The van der Waals surface area contributed by atoms with Crippen molar-refractivity contribution in [3.8, 4) is 0 Å². The number of hydrogen-bond acceptors (Lipinski definition) is 3. The Morgan fingerprint density at radius 3 is 2.33 bits per heavy atom. The number of benzene rings is 2. The van der Waals surface area contributed by atoms with Gasteiger partial charge in [-0.3, -0.25) is 0 Å². The molecule has 0 amide bonds.